The maximum Gasteiger partial charge on any atom is 0.241 e. The maximum atomic E-state index is 12.0. The highest BCUT2D eigenvalue weighted by Gasteiger charge is 2.36. The predicted octanol–water partition coefficient (Wildman–Crippen LogP) is 1.92. The summed E-state index contributed by atoms with van der Waals surface area (Å²) in [7, 11) is 3.50. The Hall–Kier alpha value is -1.55. The van der Waals surface area contributed by atoms with Crippen LogP contribution in [-0.4, -0.2) is 31.0 Å². The van der Waals surface area contributed by atoms with Crippen molar-refractivity contribution in [3.8, 4) is 5.75 Å². The van der Waals surface area contributed by atoms with Gasteiger partial charge in [0.05, 0.1) is 13.2 Å². The zero-order chi connectivity index (χ0) is 13.1. The number of ether oxygens (including phenoxy) is 1. The van der Waals surface area contributed by atoms with E-state index in [1.54, 1.807) is 12.0 Å². The maximum absolute atomic E-state index is 12.0. The molecule has 1 N–H and O–H groups in total. The monoisotopic (exact) mass is 248 g/mol. The Labute approximate surface area is 108 Å². The summed E-state index contributed by atoms with van der Waals surface area (Å²) in [6, 6.07) is 7.78. The van der Waals surface area contributed by atoms with Gasteiger partial charge in [-0.25, -0.2) is 0 Å². The average molecular weight is 248 g/mol. The first kappa shape index (κ1) is 12.9. The largest absolute Gasteiger partial charge is 0.497 e. The minimum atomic E-state index is -0.0490. The molecule has 0 aromatic heterocycles. The van der Waals surface area contributed by atoms with E-state index in [9.17, 15) is 4.79 Å². The quantitative estimate of drug-likeness (QED) is 0.885. The van der Waals surface area contributed by atoms with Gasteiger partial charge in [0, 0.05) is 7.05 Å². The molecule has 98 valence electrons. The third-order valence-corrected chi connectivity index (χ3v) is 3.40. The number of nitrogens with one attached hydrogen (secondary N) is 1. The molecule has 2 rings (SSSR count). The minimum absolute atomic E-state index is 0.0278. The van der Waals surface area contributed by atoms with E-state index >= 15 is 0 Å². The van der Waals surface area contributed by atoms with Crippen LogP contribution in [0.2, 0.25) is 0 Å². The molecule has 1 aromatic rings. The molecule has 1 aromatic carbocycles. The van der Waals surface area contributed by atoms with Crippen LogP contribution in [0, 0.1) is 0 Å². The van der Waals surface area contributed by atoms with Gasteiger partial charge < -0.3 is 9.64 Å². The molecule has 4 heteroatoms. The molecule has 1 aliphatic heterocycles. The molecule has 4 nitrogen and oxygen atoms in total. The number of amides is 1. The molecule has 2 atom stereocenters. The Bertz CT molecular complexity index is 416. The van der Waals surface area contributed by atoms with E-state index in [1.165, 1.54) is 0 Å². The topological polar surface area (TPSA) is 41.6 Å². The van der Waals surface area contributed by atoms with Crippen LogP contribution in [0.25, 0.3) is 0 Å². The summed E-state index contributed by atoms with van der Waals surface area (Å²) < 4.78 is 5.14. The van der Waals surface area contributed by atoms with Crippen molar-refractivity contribution >= 4 is 5.91 Å². The van der Waals surface area contributed by atoms with Crippen molar-refractivity contribution in [2.45, 2.75) is 32.0 Å². The second kappa shape index (κ2) is 5.40. The van der Waals surface area contributed by atoms with Gasteiger partial charge in [0.1, 0.15) is 11.9 Å². The van der Waals surface area contributed by atoms with Crippen LogP contribution in [0.5, 0.6) is 5.75 Å². The molecule has 0 spiro atoms. The molecule has 0 bridgehead atoms. The lowest BCUT2D eigenvalue weighted by atomic mass is 10.1. The first-order valence-corrected chi connectivity index (χ1v) is 6.34. The lowest BCUT2D eigenvalue weighted by Crippen LogP contribution is -2.28. The normalized spacial score (nSPS) is 23.5. The van der Waals surface area contributed by atoms with Crippen LogP contribution in [0.1, 0.15) is 31.5 Å². The summed E-state index contributed by atoms with van der Waals surface area (Å²) in [5.74, 6) is 1.01. The standard InChI is InChI=1S/C14H20N2O2/c1-4-5-12-14(17)16(2)13(15-12)10-6-8-11(18-3)9-7-10/h6-9,12-13,15H,4-5H2,1-3H3. The van der Waals surface area contributed by atoms with E-state index in [0.29, 0.717) is 0 Å². The second-order valence-electron chi connectivity index (χ2n) is 4.63. The van der Waals surface area contributed by atoms with Crippen LogP contribution >= 0.6 is 0 Å². The van der Waals surface area contributed by atoms with E-state index < -0.39 is 0 Å². The lowest BCUT2D eigenvalue weighted by Gasteiger charge is -2.19. The summed E-state index contributed by atoms with van der Waals surface area (Å²) in [5, 5.41) is 3.38. The molecule has 0 saturated carbocycles. The number of carbonyl (C=O) groups is 1. The van der Waals surface area contributed by atoms with Crippen molar-refractivity contribution in [3.05, 3.63) is 29.8 Å². The Morgan fingerprint density at radius 3 is 2.56 bits per heavy atom. The summed E-state index contributed by atoms with van der Waals surface area (Å²) >= 11 is 0. The van der Waals surface area contributed by atoms with Gasteiger partial charge in [-0.2, -0.15) is 0 Å². The fraction of sp³-hybridized carbons (Fsp3) is 0.500. The minimum Gasteiger partial charge on any atom is -0.497 e. The van der Waals surface area contributed by atoms with Gasteiger partial charge >= 0.3 is 0 Å². The number of methoxy groups -OCH3 is 1. The molecule has 1 fully saturated rings. The highest BCUT2D eigenvalue weighted by atomic mass is 16.5. The van der Waals surface area contributed by atoms with Crippen LogP contribution in [-0.2, 0) is 4.79 Å². The van der Waals surface area contributed by atoms with Crippen molar-refractivity contribution in [1.29, 1.82) is 0 Å². The SMILES string of the molecule is CCCC1NC(c2ccc(OC)cc2)N(C)C1=O. The first-order valence-electron chi connectivity index (χ1n) is 6.34. The predicted molar refractivity (Wildman–Crippen MR) is 70.3 cm³/mol. The summed E-state index contributed by atoms with van der Waals surface area (Å²) in [4.78, 5) is 13.8. The van der Waals surface area contributed by atoms with E-state index in [1.807, 2.05) is 31.3 Å². The first-order chi connectivity index (χ1) is 8.67. The number of likely N-dealkylation sites (N-methyl/N-ethyl adjacent to an activating group) is 1. The third-order valence-electron chi connectivity index (χ3n) is 3.40. The number of hydrogen-bond acceptors (Lipinski definition) is 3. The molecule has 1 heterocycles. The van der Waals surface area contributed by atoms with Crippen LogP contribution < -0.4 is 10.1 Å². The van der Waals surface area contributed by atoms with Gasteiger partial charge in [0.2, 0.25) is 5.91 Å². The lowest BCUT2D eigenvalue weighted by molar-refractivity contribution is -0.128. The summed E-state index contributed by atoms with van der Waals surface area (Å²) in [6.07, 6.45) is 1.86. The van der Waals surface area contributed by atoms with Crippen molar-refractivity contribution in [2.75, 3.05) is 14.2 Å². The van der Waals surface area contributed by atoms with Gasteiger partial charge in [-0.3, -0.25) is 10.1 Å². The molecule has 2 unspecified atom stereocenters. The van der Waals surface area contributed by atoms with Crippen LogP contribution in [0.15, 0.2) is 24.3 Å². The van der Waals surface area contributed by atoms with E-state index in [0.717, 1.165) is 24.2 Å². The highest BCUT2D eigenvalue weighted by Crippen LogP contribution is 2.26. The van der Waals surface area contributed by atoms with Crippen molar-refractivity contribution in [2.24, 2.45) is 0 Å². The van der Waals surface area contributed by atoms with E-state index in [2.05, 4.69) is 12.2 Å². The van der Waals surface area contributed by atoms with Crippen LogP contribution in [0.3, 0.4) is 0 Å². The van der Waals surface area contributed by atoms with E-state index in [4.69, 9.17) is 4.74 Å². The molecule has 18 heavy (non-hydrogen) atoms. The van der Waals surface area contributed by atoms with Gasteiger partial charge in [0.15, 0.2) is 0 Å². The van der Waals surface area contributed by atoms with Gasteiger partial charge in [-0.05, 0) is 24.1 Å². The molecule has 0 aliphatic carbocycles. The smallest absolute Gasteiger partial charge is 0.241 e. The van der Waals surface area contributed by atoms with Gasteiger partial charge in [-0.1, -0.05) is 25.5 Å². The number of rotatable bonds is 4. The number of benzene rings is 1. The van der Waals surface area contributed by atoms with Gasteiger partial charge in [-0.15, -0.1) is 0 Å². The highest BCUT2D eigenvalue weighted by molar-refractivity contribution is 5.84. The number of carbonyl (C=O) groups excluding carboxylic acids is 1. The molecular weight excluding hydrogens is 228 g/mol. The van der Waals surface area contributed by atoms with Crippen molar-refractivity contribution in [3.63, 3.8) is 0 Å². The summed E-state index contributed by atoms with van der Waals surface area (Å²) in [5.41, 5.74) is 1.09. The molecular formula is C14H20N2O2. The number of hydrogen-bond donors (Lipinski definition) is 1. The Kier molecular flexibility index (Phi) is 3.87. The number of nitrogens with zero attached hydrogens (tertiary/aromatic N) is 1. The molecule has 1 amide bonds. The van der Waals surface area contributed by atoms with Crippen LogP contribution in [0.4, 0.5) is 0 Å². The molecule has 0 radical (unpaired) electrons. The Balaban J connectivity index is 2.15. The Morgan fingerprint density at radius 2 is 2.00 bits per heavy atom. The van der Waals surface area contributed by atoms with Crippen molar-refractivity contribution < 1.29 is 9.53 Å². The third kappa shape index (κ3) is 2.34. The fourth-order valence-electron chi connectivity index (χ4n) is 2.35. The molecule has 1 aliphatic rings. The fourth-order valence-corrected chi connectivity index (χ4v) is 2.35. The zero-order valence-electron chi connectivity index (χ0n) is 11.1. The van der Waals surface area contributed by atoms with Gasteiger partial charge in [0.25, 0.3) is 0 Å². The zero-order valence-corrected chi connectivity index (χ0v) is 11.1. The van der Waals surface area contributed by atoms with Crippen molar-refractivity contribution in [1.82, 2.24) is 10.2 Å². The summed E-state index contributed by atoms with van der Waals surface area (Å²) in [6.45, 7) is 2.09. The Morgan fingerprint density at radius 1 is 1.33 bits per heavy atom. The average Bonchev–Trinajstić information content (AvgIpc) is 2.68. The van der Waals surface area contributed by atoms with E-state index in [-0.39, 0.29) is 18.1 Å². The second-order valence-corrected chi connectivity index (χ2v) is 4.63. The molecule has 1 saturated heterocycles.